The van der Waals surface area contributed by atoms with E-state index < -0.39 is 5.60 Å². The number of hydrogen-bond acceptors (Lipinski definition) is 3. The highest BCUT2D eigenvalue weighted by Gasteiger charge is 2.43. The zero-order valence-electron chi connectivity index (χ0n) is 13.1. The number of benzene rings is 1. The molecule has 0 bridgehead atoms. The molecule has 2 aliphatic heterocycles. The number of ether oxygens (including phenoxy) is 1. The van der Waals surface area contributed by atoms with E-state index in [0.717, 1.165) is 5.56 Å². The van der Waals surface area contributed by atoms with Crippen LogP contribution < -0.4 is 5.32 Å². The lowest BCUT2D eigenvalue weighted by Gasteiger charge is -2.37. The Morgan fingerprint density at radius 1 is 1.23 bits per heavy atom. The Morgan fingerprint density at radius 3 is 2.36 bits per heavy atom. The second-order valence-electron chi connectivity index (χ2n) is 6.49. The van der Waals surface area contributed by atoms with E-state index in [-0.39, 0.29) is 12.0 Å². The SMILES string of the molecule is CC(C)c1ccc(C(=O)N2CCC3(CC2)CNC(=O)O3)cc1. The average molecular weight is 302 g/mol. The Labute approximate surface area is 130 Å². The van der Waals surface area contributed by atoms with Crippen molar-refractivity contribution in [3.8, 4) is 0 Å². The van der Waals surface area contributed by atoms with Gasteiger partial charge in [0.2, 0.25) is 0 Å². The van der Waals surface area contributed by atoms with E-state index in [0.29, 0.717) is 38.4 Å². The van der Waals surface area contributed by atoms with Crippen LogP contribution in [0.2, 0.25) is 0 Å². The van der Waals surface area contributed by atoms with Gasteiger partial charge in [-0.1, -0.05) is 26.0 Å². The molecular weight excluding hydrogens is 280 g/mol. The van der Waals surface area contributed by atoms with E-state index in [9.17, 15) is 9.59 Å². The monoisotopic (exact) mass is 302 g/mol. The number of nitrogens with zero attached hydrogens (tertiary/aromatic N) is 1. The summed E-state index contributed by atoms with van der Waals surface area (Å²) in [6, 6.07) is 7.84. The van der Waals surface area contributed by atoms with Crippen molar-refractivity contribution in [3.63, 3.8) is 0 Å². The maximum absolute atomic E-state index is 12.6. The largest absolute Gasteiger partial charge is 0.441 e. The molecule has 0 aliphatic carbocycles. The summed E-state index contributed by atoms with van der Waals surface area (Å²) in [5.41, 5.74) is 1.55. The van der Waals surface area contributed by atoms with E-state index in [1.165, 1.54) is 5.56 Å². The molecule has 5 heteroatoms. The molecule has 0 radical (unpaired) electrons. The number of alkyl carbamates (subject to hydrolysis) is 1. The summed E-state index contributed by atoms with van der Waals surface area (Å²) in [5, 5.41) is 2.71. The van der Waals surface area contributed by atoms with Crippen molar-refractivity contribution in [1.29, 1.82) is 0 Å². The first-order chi connectivity index (χ1) is 10.5. The van der Waals surface area contributed by atoms with Crippen LogP contribution >= 0.6 is 0 Å². The molecule has 2 aliphatic rings. The van der Waals surface area contributed by atoms with Crippen LogP contribution in [0.5, 0.6) is 0 Å². The van der Waals surface area contributed by atoms with Crippen molar-refractivity contribution < 1.29 is 14.3 Å². The molecule has 22 heavy (non-hydrogen) atoms. The molecular formula is C17H22N2O3. The number of carbonyl (C=O) groups is 2. The fourth-order valence-electron chi connectivity index (χ4n) is 3.09. The average Bonchev–Trinajstić information content (AvgIpc) is 2.88. The van der Waals surface area contributed by atoms with Gasteiger partial charge in [-0.25, -0.2) is 4.79 Å². The first kappa shape index (κ1) is 14.9. The minimum Gasteiger partial charge on any atom is -0.441 e. The lowest BCUT2D eigenvalue weighted by atomic mass is 9.91. The van der Waals surface area contributed by atoms with E-state index in [1.807, 2.05) is 29.2 Å². The zero-order chi connectivity index (χ0) is 15.7. The summed E-state index contributed by atoms with van der Waals surface area (Å²) in [6.07, 6.45) is 1.05. The van der Waals surface area contributed by atoms with Gasteiger partial charge in [-0.2, -0.15) is 0 Å². The van der Waals surface area contributed by atoms with E-state index in [4.69, 9.17) is 4.74 Å². The van der Waals surface area contributed by atoms with E-state index in [1.54, 1.807) is 0 Å². The number of nitrogens with one attached hydrogen (secondary N) is 1. The van der Waals surface area contributed by atoms with Crippen molar-refractivity contribution in [2.24, 2.45) is 0 Å². The van der Waals surface area contributed by atoms with Gasteiger partial charge in [0.25, 0.3) is 5.91 Å². The molecule has 5 nitrogen and oxygen atoms in total. The minimum absolute atomic E-state index is 0.0578. The van der Waals surface area contributed by atoms with Crippen molar-refractivity contribution in [3.05, 3.63) is 35.4 Å². The molecule has 1 aromatic rings. The molecule has 0 unspecified atom stereocenters. The fourth-order valence-corrected chi connectivity index (χ4v) is 3.09. The van der Waals surface area contributed by atoms with Crippen molar-refractivity contribution >= 4 is 12.0 Å². The first-order valence-electron chi connectivity index (χ1n) is 7.85. The number of hydrogen-bond donors (Lipinski definition) is 1. The van der Waals surface area contributed by atoms with E-state index in [2.05, 4.69) is 19.2 Å². The Morgan fingerprint density at radius 2 is 1.86 bits per heavy atom. The van der Waals surface area contributed by atoms with Gasteiger partial charge in [-0.05, 0) is 23.6 Å². The van der Waals surface area contributed by atoms with E-state index >= 15 is 0 Å². The van der Waals surface area contributed by atoms with Crippen LogP contribution in [0.3, 0.4) is 0 Å². The van der Waals surface area contributed by atoms with Crippen LogP contribution in [0, 0.1) is 0 Å². The van der Waals surface area contributed by atoms with Gasteiger partial charge in [-0.3, -0.25) is 4.79 Å². The number of amides is 2. The Bertz CT molecular complexity index is 572. The highest BCUT2D eigenvalue weighted by Crippen LogP contribution is 2.29. The van der Waals surface area contributed by atoms with Crippen LogP contribution in [-0.4, -0.2) is 42.1 Å². The quantitative estimate of drug-likeness (QED) is 0.913. The van der Waals surface area contributed by atoms with Gasteiger partial charge in [0.15, 0.2) is 0 Å². The molecule has 2 heterocycles. The molecule has 1 aromatic carbocycles. The summed E-state index contributed by atoms with van der Waals surface area (Å²) in [6.45, 7) is 6.08. The van der Waals surface area contributed by atoms with Crippen molar-refractivity contribution in [1.82, 2.24) is 10.2 Å². The minimum atomic E-state index is -0.407. The maximum Gasteiger partial charge on any atom is 0.407 e. The summed E-state index contributed by atoms with van der Waals surface area (Å²) >= 11 is 0. The maximum atomic E-state index is 12.6. The van der Waals surface area contributed by atoms with Gasteiger partial charge in [0, 0.05) is 31.5 Å². The van der Waals surface area contributed by atoms with Crippen LogP contribution in [0.1, 0.15) is 48.5 Å². The van der Waals surface area contributed by atoms with Crippen molar-refractivity contribution in [2.45, 2.75) is 38.2 Å². The van der Waals surface area contributed by atoms with Crippen LogP contribution in [0.25, 0.3) is 0 Å². The lowest BCUT2D eigenvalue weighted by molar-refractivity contribution is 0.00331. The summed E-state index contributed by atoms with van der Waals surface area (Å²) in [7, 11) is 0. The third-order valence-corrected chi connectivity index (χ3v) is 4.65. The summed E-state index contributed by atoms with van der Waals surface area (Å²) in [5.74, 6) is 0.519. The van der Waals surface area contributed by atoms with Gasteiger partial charge in [0.05, 0.1) is 6.54 Å². The molecule has 1 N–H and O–H groups in total. The Hall–Kier alpha value is -2.04. The Balaban J connectivity index is 1.63. The number of carbonyl (C=O) groups excluding carboxylic acids is 2. The second-order valence-corrected chi connectivity index (χ2v) is 6.49. The molecule has 1 spiro atoms. The fraction of sp³-hybridized carbons (Fsp3) is 0.529. The van der Waals surface area contributed by atoms with Gasteiger partial charge >= 0.3 is 6.09 Å². The van der Waals surface area contributed by atoms with Crippen LogP contribution in [-0.2, 0) is 4.74 Å². The standard InChI is InChI=1S/C17H22N2O3/c1-12(2)13-3-5-14(6-4-13)15(20)19-9-7-17(8-10-19)11-18-16(21)22-17/h3-6,12H,7-11H2,1-2H3,(H,18,21). The molecule has 3 rings (SSSR count). The highest BCUT2D eigenvalue weighted by atomic mass is 16.6. The molecule has 2 fully saturated rings. The normalized spacial score (nSPS) is 20.1. The van der Waals surface area contributed by atoms with Crippen LogP contribution in [0.15, 0.2) is 24.3 Å². The lowest BCUT2D eigenvalue weighted by Crippen LogP contribution is -2.48. The molecule has 118 valence electrons. The van der Waals surface area contributed by atoms with Gasteiger partial charge in [0.1, 0.15) is 5.60 Å². The Kier molecular flexibility index (Phi) is 3.81. The zero-order valence-corrected chi connectivity index (χ0v) is 13.1. The smallest absolute Gasteiger partial charge is 0.407 e. The topological polar surface area (TPSA) is 58.6 Å². The second kappa shape index (κ2) is 5.63. The number of rotatable bonds is 2. The van der Waals surface area contributed by atoms with Gasteiger partial charge < -0.3 is 15.0 Å². The summed E-state index contributed by atoms with van der Waals surface area (Å²) in [4.78, 5) is 25.6. The van der Waals surface area contributed by atoms with Gasteiger partial charge in [-0.15, -0.1) is 0 Å². The third-order valence-electron chi connectivity index (χ3n) is 4.65. The molecule has 2 amide bonds. The molecule has 0 saturated carbocycles. The number of piperidine rings is 1. The highest BCUT2D eigenvalue weighted by molar-refractivity contribution is 5.94. The summed E-state index contributed by atoms with van der Waals surface area (Å²) < 4.78 is 5.38. The molecule has 0 aromatic heterocycles. The molecule has 0 atom stereocenters. The first-order valence-corrected chi connectivity index (χ1v) is 7.85. The van der Waals surface area contributed by atoms with Crippen LogP contribution in [0.4, 0.5) is 4.79 Å². The number of likely N-dealkylation sites (tertiary alicyclic amines) is 1. The predicted molar refractivity (Wildman–Crippen MR) is 82.9 cm³/mol. The van der Waals surface area contributed by atoms with Crippen molar-refractivity contribution in [2.75, 3.05) is 19.6 Å². The predicted octanol–water partition coefficient (Wildman–Crippen LogP) is 2.52. The molecule has 2 saturated heterocycles. The third kappa shape index (κ3) is 2.80.